The smallest absolute Gasteiger partial charge is 0.265 e. The van der Waals surface area contributed by atoms with Crippen LogP contribution in [0.5, 0.6) is 11.5 Å². The Bertz CT molecular complexity index is 1310. The highest BCUT2D eigenvalue weighted by Gasteiger charge is 2.27. The van der Waals surface area contributed by atoms with Crippen LogP contribution >= 0.6 is 11.6 Å². The molecule has 0 bridgehead atoms. The Morgan fingerprint density at radius 2 is 1.76 bits per heavy atom. The fraction of sp³-hybridized carbons (Fsp3) is 0.208. The molecule has 3 N–H and O–H groups in total. The summed E-state index contributed by atoms with van der Waals surface area (Å²) < 4.78 is 34.4. The molecule has 1 aliphatic heterocycles. The summed E-state index contributed by atoms with van der Waals surface area (Å²) in [7, 11) is -2.91. The van der Waals surface area contributed by atoms with E-state index in [0.29, 0.717) is 31.9 Å². The van der Waals surface area contributed by atoms with E-state index in [1.165, 1.54) is 13.2 Å². The van der Waals surface area contributed by atoms with Crippen LogP contribution in [0, 0.1) is 0 Å². The van der Waals surface area contributed by atoms with Crippen LogP contribution in [0.15, 0.2) is 65.6 Å². The van der Waals surface area contributed by atoms with E-state index in [9.17, 15) is 18.3 Å². The van der Waals surface area contributed by atoms with Gasteiger partial charge in [0.2, 0.25) is 0 Å². The fourth-order valence-corrected chi connectivity index (χ4v) is 5.23. The number of hydrogen-bond acceptors (Lipinski definition) is 6. The quantitative estimate of drug-likeness (QED) is 0.476. The van der Waals surface area contributed by atoms with Crippen LogP contribution in [-0.2, 0) is 10.0 Å². The number of carbonyl (C=O) groups is 1. The number of benzene rings is 3. The van der Waals surface area contributed by atoms with E-state index in [1.54, 1.807) is 17.0 Å². The van der Waals surface area contributed by atoms with Crippen LogP contribution in [0.1, 0.15) is 10.4 Å². The molecule has 0 atom stereocenters. The number of hydrogen-bond donors (Lipinski definition) is 3. The molecular formula is C24H24ClN3O5S. The zero-order valence-electron chi connectivity index (χ0n) is 18.4. The van der Waals surface area contributed by atoms with Gasteiger partial charge in [-0.2, -0.15) is 0 Å². The second-order valence-corrected chi connectivity index (χ2v) is 9.79. The molecule has 3 aromatic rings. The van der Waals surface area contributed by atoms with E-state index in [2.05, 4.69) is 10.0 Å². The summed E-state index contributed by atoms with van der Waals surface area (Å²) in [6, 6.07) is 17.0. The number of aromatic hydroxyl groups is 1. The molecule has 1 fully saturated rings. The molecule has 1 amide bonds. The van der Waals surface area contributed by atoms with Gasteiger partial charge < -0.3 is 20.1 Å². The zero-order valence-corrected chi connectivity index (χ0v) is 20.0. The van der Waals surface area contributed by atoms with Crippen molar-refractivity contribution < 1.29 is 23.1 Å². The first kappa shape index (κ1) is 23.9. The van der Waals surface area contributed by atoms with Crippen LogP contribution in [0.25, 0.3) is 11.1 Å². The van der Waals surface area contributed by atoms with Crippen molar-refractivity contribution in [2.45, 2.75) is 4.90 Å². The Morgan fingerprint density at radius 1 is 1.06 bits per heavy atom. The first-order valence-corrected chi connectivity index (χ1v) is 12.4. The number of halogens is 1. The standard InChI is InChI=1S/C24H24ClN3O5S/c1-33-21-8-7-17(16-5-3-2-4-6-16)14-20(21)27-34(31,32)22-15-18(13-19(25)23(22)29)24(30)28-11-9-26-10-12-28/h2-8,13-15,26-27,29H,9-12H2,1H3. The number of phenols is 1. The van der Waals surface area contributed by atoms with Gasteiger partial charge >= 0.3 is 0 Å². The Balaban J connectivity index is 1.71. The van der Waals surface area contributed by atoms with Crippen molar-refractivity contribution in [3.8, 4) is 22.6 Å². The van der Waals surface area contributed by atoms with Crippen LogP contribution in [0.4, 0.5) is 5.69 Å². The van der Waals surface area contributed by atoms with Gasteiger partial charge in [0.25, 0.3) is 15.9 Å². The summed E-state index contributed by atoms with van der Waals surface area (Å²) in [6.07, 6.45) is 0. The van der Waals surface area contributed by atoms with Crippen LogP contribution < -0.4 is 14.8 Å². The number of sulfonamides is 1. The van der Waals surface area contributed by atoms with Crippen molar-refractivity contribution in [3.63, 3.8) is 0 Å². The number of amides is 1. The third-order valence-corrected chi connectivity index (χ3v) is 7.19. The molecule has 10 heteroatoms. The van der Waals surface area contributed by atoms with Crippen LogP contribution in [0.2, 0.25) is 5.02 Å². The van der Waals surface area contributed by atoms with Crippen LogP contribution in [-0.4, -0.2) is 57.6 Å². The topological polar surface area (TPSA) is 108 Å². The largest absolute Gasteiger partial charge is 0.505 e. The van der Waals surface area contributed by atoms with Crippen molar-refractivity contribution in [3.05, 3.63) is 71.2 Å². The maximum atomic E-state index is 13.3. The minimum absolute atomic E-state index is 0.0788. The Morgan fingerprint density at radius 3 is 2.44 bits per heavy atom. The number of ether oxygens (including phenoxy) is 1. The van der Waals surface area contributed by atoms with Gasteiger partial charge in [-0.15, -0.1) is 0 Å². The number of piperazine rings is 1. The molecule has 1 heterocycles. The molecule has 34 heavy (non-hydrogen) atoms. The zero-order chi connectivity index (χ0) is 24.3. The number of nitrogens with zero attached hydrogens (tertiary/aromatic N) is 1. The Hall–Kier alpha value is -3.27. The highest BCUT2D eigenvalue weighted by molar-refractivity contribution is 7.92. The lowest BCUT2D eigenvalue weighted by Crippen LogP contribution is -2.46. The maximum Gasteiger partial charge on any atom is 0.265 e. The summed E-state index contributed by atoms with van der Waals surface area (Å²) in [4.78, 5) is 14.0. The van der Waals surface area contributed by atoms with Crippen molar-refractivity contribution in [1.29, 1.82) is 0 Å². The number of nitrogens with one attached hydrogen (secondary N) is 2. The maximum absolute atomic E-state index is 13.3. The number of methoxy groups -OCH3 is 1. The molecule has 8 nitrogen and oxygen atoms in total. The van der Waals surface area contributed by atoms with Crippen molar-refractivity contribution >= 4 is 33.2 Å². The predicted molar refractivity (Wildman–Crippen MR) is 131 cm³/mol. The lowest BCUT2D eigenvalue weighted by atomic mass is 10.1. The highest BCUT2D eigenvalue weighted by Crippen LogP contribution is 2.36. The molecule has 0 aromatic heterocycles. The number of anilines is 1. The number of carbonyl (C=O) groups excluding carboxylic acids is 1. The SMILES string of the molecule is COc1ccc(-c2ccccc2)cc1NS(=O)(=O)c1cc(C(=O)N2CCNCC2)cc(Cl)c1O. The van der Waals surface area contributed by atoms with Gasteiger partial charge in [0, 0.05) is 31.7 Å². The van der Waals surface area contributed by atoms with Gasteiger partial charge in [-0.1, -0.05) is 48.0 Å². The second-order valence-electron chi connectivity index (χ2n) is 7.73. The molecule has 1 saturated heterocycles. The Labute approximate surface area is 203 Å². The minimum atomic E-state index is -4.33. The molecule has 0 spiro atoms. The van der Waals surface area contributed by atoms with Crippen molar-refractivity contribution in [1.82, 2.24) is 10.2 Å². The summed E-state index contributed by atoms with van der Waals surface area (Å²) >= 11 is 6.12. The van der Waals surface area contributed by atoms with Gasteiger partial charge in [-0.25, -0.2) is 8.42 Å². The molecule has 178 valence electrons. The molecular weight excluding hydrogens is 478 g/mol. The average Bonchev–Trinajstić information content (AvgIpc) is 2.85. The summed E-state index contributed by atoms with van der Waals surface area (Å²) in [5.74, 6) is -0.699. The van der Waals surface area contributed by atoms with Crippen LogP contribution in [0.3, 0.4) is 0 Å². The minimum Gasteiger partial charge on any atom is -0.505 e. The van der Waals surface area contributed by atoms with E-state index in [4.69, 9.17) is 16.3 Å². The fourth-order valence-electron chi connectivity index (χ4n) is 3.75. The highest BCUT2D eigenvalue weighted by atomic mass is 35.5. The van der Waals surface area contributed by atoms with E-state index >= 15 is 0 Å². The second kappa shape index (κ2) is 9.92. The lowest BCUT2D eigenvalue weighted by Gasteiger charge is -2.27. The normalized spacial score (nSPS) is 14.0. The van der Waals surface area contributed by atoms with Gasteiger partial charge in [-0.3, -0.25) is 9.52 Å². The molecule has 3 aromatic carbocycles. The van der Waals surface area contributed by atoms with Crippen molar-refractivity contribution in [2.75, 3.05) is 38.0 Å². The van der Waals surface area contributed by atoms with E-state index in [1.807, 2.05) is 36.4 Å². The first-order chi connectivity index (χ1) is 16.3. The molecule has 1 aliphatic rings. The average molecular weight is 502 g/mol. The summed E-state index contributed by atoms with van der Waals surface area (Å²) in [5, 5.41) is 13.4. The molecule has 0 aliphatic carbocycles. The summed E-state index contributed by atoms with van der Waals surface area (Å²) in [5.41, 5.74) is 1.91. The number of rotatable bonds is 6. The van der Waals surface area contributed by atoms with E-state index in [0.717, 1.165) is 17.2 Å². The van der Waals surface area contributed by atoms with E-state index < -0.39 is 20.7 Å². The van der Waals surface area contributed by atoms with Gasteiger partial charge in [0.15, 0.2) is 5.75 Å². The molecule has 0 unspecified atom stereocenters. The van der Waals surface area contributed by atoms with Gasteiger partial charge in [0.1, 0.15) is 10.6 Å². The predicted octanol–water partition coefficient (Wildman–Crippen LogP) is 3.57. The van der Waals surface area contributed by atoms with E-state index in [-0.39, 0.29) is 22.2 Å². The summed E-state index contributed by atoms with van der Waals surface area (Å²) in [6.45, 7) is 2.26. The molecule has 0 radical (unpaired) electrons. The Kier molecular flexibility index (Phi) is 6.97. The first-order valence-electron chi connectivity index (χ1n) is 10.6. The number of phenolic OH excluding ortho intramolecular Hbond substituents is 1. The lowest BCUT2D eigenvalue weighted by molar-refractivity contribution is 0.0735. The van der Waals surface area contributed by atoms with Crippen molar-refractivity contribution in [2.24, 2.45) is 0 Å². The van der Waals surface area contributed by atoms with Gasteiger partial charge in [0.05, 0.1) is 17.8 Å². The third kappa shape index (κ3) is 4.96. The monoisotopic (exact) mass is 501 g/mol. The molecule has 4 rings (SSSR count). The third-order valence-electron chi connectivity index (χ3n) is 5.52. The van der Waals surface area contributed by atoms with Gasteiger partial charge in [-0.05, 0) is 35.4 Å². The molecule has 0 saturated carbocycles.